The molecule has 0 spiro atoms. The number of nitrogen functional groups attached to an aromatic ring is 1. The third-order valence-corrected chi connectivity index (χ3v) is 1.99. The van der Waals surface area contributed by atoms with Crippen molar-refractivity contribution in [3.05, 3.63) is 29.1 Å². The Kier molecular flexibility index (Phi) is 2.71. The van der Waals surface area contributed by atoms with Crippen LogP contribution >= 0.6 is 0 Å². The van der Waals surface area contributed by atoms with Crippen molar-refractivity contribution in [2.24, 2.45) is 5.73 Å². The van der Waals surface area contributed by atoms with Gasteiger partial charge in [-0.2, -0.15) is 0 Å². The number of aliphatic carboxylic acids is 1. The Bertz CT molecular complexity index is 379. The minimum absolute atomic E-state index is 0.0517. The Hall–Kier alpha value is -1.62. The van der Waals surface area contributed by atoms with Crippen LogP contribution in [-0.2, 0) is 4.79 Å². The number of hydrogen-bond acceptors (Lipinski definition) is 3. The number of nitrogens with two attached hydrogens (primary N) is 2. The first-order valence-electron chi connectivity index (χ1n) is 3.97. The number of aryl methyl sites for hydroxylation is 1. The molecule has 0 aliphatic rings. The zero-order valence-electron chi connectivity index (χ0n) is 7.62. The molecule has 0 aliphatic heterocycles. The van der Waals surface area contributed by atoms with Crippen LogP contribution in [0.4, 0.5) is 10.1 Å². The third kappa shape index (κ3) is 1.82. The second-order valence-corrected chi connectivity index (χ2v) is 3.05. The van der Waals surface area contributed by atoms with Gasteiger partial charge in [0.25, 0.3) is 0 Å². The second-order valence-electron chi connectivity index (χ2n) is 3.05. The molecular weight excluding hydrogens is 187 g/mol. The highest BCUT2D eigenvalue weighted by Gasteiger charge is 2.19. The van der Waals surface area contributed by atoms with Gasteiger partial charge in [-0.3, -0.25) is 4.79 Å². The molecule has 0 radical (unpaired) electrons. The van der Waals surface area contributed by atoms with Gasteiger partial charge in [-0.25, -0.2) is 4.39 Å². The predicted octanol–water partition coefficient (Wildman–Crippen LogP) is 0.801. The van der Waals surface area contributed by atoms with Gasteiger partial charge < -0.3 is 16.6 Å². The lowest BCUT2D eigenvalue weighted by atomic mass is 10.0. The topological polar surface area (TPSA) is 89.3 Å². The fourth-order valence-corrected chi connectivity index (χ4v) is 1.09. The van der Waals surface area contributed by atoms with Crippen LogP contribution in [0.25, 0.3) is 0 Å². The lowest BCUT2D eigenvalue weighted by Crippen LogP contribution is -2.22. The van der Waals surface area contributed by atoms with Crippen LogP contribution < -0.4 is 11.5 Å². The van der Waals surface area contributed by atoms with Crippen molar-refractivity contribution in [2.75, 3.05) is 5.73 Å². The molecule has 14 heavy (non-hydrogen) atoms. The van der Waals surface area contributed by atoms with Crippen molar-refractivity contribution in [1.82, 2.24) is 0 Å². The van der Waals surface area contributed by atoms with Gasteiger partial charge in [0.1, 0.15) is 11.9 Å². The van der Waals surface area contributed by atoms with Crippen molar-refractivity contribution in [3.63, 3.8) is 0 Å². The molecule has 0 saturated carbocycles. The zero-order chi connectivity index (χ0) is 10.9. The molecule has 76 valence electrons. The summed E-state index contributed by atoms with van der Waals surface area (Å²) in [6, 6.07) is 1.08. The number of hydrogen-bond donors (Lipinski definition) is 3. The van der Waals surface area contributed by atoms with Gasteiger partial charge in [0.2, 0.25) is 0 Å². The van der Waals surface area contributed by atoms with E-state index in [0.29, 0.717) is 5.56 Å². The first-order valence-corrected chi connectivity index (χ1v) is 3.97. The molecule has 1 aromatic rings. The van der Waals surface area contributed by atoms with E-state index in [1.807, 2.05) is 0 Å². The lowest BCUT2D eigenvalue weighted by molar-refractivity contribution is -0.138. The average molecular weight is 198 g/mol. The minimum atomic E-state index is -1.35. The molecule has 0 heterocycles. The maximum absolute atomic E-state index is 13.2. The Labute approximate surface area is 80.3 Å². The number of carboxylic acids is 1. The highest BCUT2D eigenvalue weighted by molar-refractivity contribution is 5.75. The van der Waals surface area contributed by atoms with Crippen LogP contribution in [-0.4, -0.2) is 11.1 Å². The van der Waals surface area contributed by atoms with E-state index in [2.05, 4.69) is 0 Å². The summed E-state index contributed by atoms with van der Waals surface area (Å²) >= 11 is 0. The summed E-state index contributed by atoms with van der Waals surface area (Å²) < 4.78 is 13.2. The maximum Gasteiger partial charge on any atom is 0.325 e. The Morgan fingerprint density at radius 3 is 2.64 bits per heavy atom. The normalized spacial score (nSPS) is 12.5. The molecule has 0 aromatic heterocycles. The van der Waals surface area contributed by atoms with Crippen LogP contribution in [0.15, 0.2) is 12.1 Å². The van der Waals surface area contributed by atoms with Crippen LogP contribution in [0.5, 0.6) is 0 Å². The summed E-state index contributed by atoms with van der Waals surface area (Å²) in [6.07, 6.45) is 0. The smallest absolute Gasteiger partial charge is 0.325 e. The summed E-state index contributed by atoms with van der Waals surface area (Å²) in [4.78, 5) is 10.5. The SMILES string of the molecule is Cc1cc([C@H](N)C(=O)O)c(F)cc1N. The lowest BCUT2D eigenvalue weighted by Gasteiger charge is -2.10. The second kappa shape index (κ2) is 3.63. The Balaban J connectivity index is 3.22. The van der Waals surface area contributed by atoms with Gasteiger partial charge in [-0.15, -0.1) is 0 Å². The molecule has 0 saturated heterocycles. The zero-order valence-corrected chi connectivity index (χ0v) is 7.62. The first kappa shape index (κ1) is 10.5. The highest BCUT2D eigenvalue weighted by atomic mass is 19.1. The molecule has 0 bridgehead atoms. The van der Waals surface area contributed by atoms with Gasteiger partial charge in [0.05, 0.1) is 0 Å². The molecule has 4 nitrogen and oxygen atoms in total. The van der Waals surface area contributed by atoms with E-state index in [-0.39, 0.29) is 11.3 Å². The highest BCUT2D eigenvalue weighted by Crippen LogP contribution is 2.21. The van der Waals surface area contributed by atoms with E-state index in [9.17, 15) is 9.18 Å². The van der Waals surface area contributed by atoms with Crippen molar-refractivity contribution in [3.8, 4) is 0 Å². The van der Waals surface area contributed by atoms with Crippen molar-refractivity contribution < 1.29 is 14.3 Å². The fraction of sp³-hybridized carbons (Fsp3) is 0.222. The Morgan fingerprint density at radius 2 is 2.14 bits per heavy atom. The van der Waals surface area contributed by atoms with E-state index in [1.165, 1.54) is 6.07 Å². The predicted molar refractivity (Wildman–Crippen MR) is 50.1 cm³/mol. The van der Waals surface area contributed by atoms with Crippen molar-refractivity contribution in [2.45, 2.75) is 13.0 Å². The fourth-order valence-electron chi connectivity index (χ4n) is 1.09. The van der Waals surface area contributed by atoms with E-state index in [0.717, 1.165) is 6.07 Å². The van der Waals surface area contributed by atoms with Crippen LogP contribution in [0.3, 0.4) is 0 Å². The standard InChI is InChI=1S/C9H11FN2O2/c1-4-2-5(8(12)9(13)14)6(10)3-7(4)11/h2-3,8H,11-12H2,1H3,(H,13,14)/t8-/m0/s1. The third-order valence-electron chi connectivity index (χ3n) is 1.99. The summed E-state index contributed by atoms with van der Waals surface area (Å²) in [6.45, 7) is 1.66. The number of carboxylic acid groups (broad SMARTS) is 1. The van der Waals surface area contributed by atoms with E-state index < -0.39 is 17.8 Å². The summed E-state index contributed by atoms with van der Waals surface area (Å²) in [5, 5.41) is 8.60. The monoisotopic (exact) mass is 198 g/mol. The van der Waals surface area contributed by atoms with E-state index >= 15 is 0 Å². The van der Waals surface area contributed by atoms with Crippen LogP contribution in [0.1, 0.15) is 17.2 Å². The van der Waals surface area contributed by atoms with Gasteiger partial charge in [-0.1, -0.05) is 0 Å². The molecule has 1 rings (SSSR count). The molecule has 1 aromatic carbocycles. The average Bonchev–Trinajstić information content (AvgIpc) is 2.10. The number of halogens is 1. The van der Waals surface area contributed by atoms with Crippen molar-refractivity contribution >= 4 is 11.7 Å². The van der Waals surface area contributed by atoms with Crippen LogP contribution in [0.2, 0.25) is 0 Å². The summed E-state index contributed by atoms with van der Waals surface area (Å²) in [7, 11) is 0. The molecular formula is C9H11FN2O2. The van der Waals surface area contributed by atoms with Crippen molar-refractivity contribution in [1.29, 1.82) is 0 Å². The number of carbonyl (C=O) groups is 1. The van der Waals surface area contributed by atoms with Gasteiger partial charge in [0.15, 0.2) is 0 Å². The van der Waals surface area contributed by atoms with Crippen LogP contribution in [0, 0.1) is 12.7 Å². The maximum atomic E-state index is 13.2. The summed E-state index contributed by atoms with van der Waals surface area (Å²) in [5.41, 5.74) is 11.6. The number of rotatable bonds is 2. The van der Waals surface area contributed by atoms with Gasteiger partial charge in [0, 0.05) is 11.3 Å². The molecule has 0 unspecified atom stereocenters. The molecule has 0 aliphatic carbocycles. The molecule has 1 atom stereocenters. The number of benzene rings is 1. The Morgan fingerprint density at radius 1 is 1.57 bits per heavy atom. The molecule has 0 amide bonds. The molecule has 5 N–H and O–H groups in total. The summed E-state index contributed by atoms with van der Waals surface area (Å²) in [5.74, 6) is -1.96. The van der Waals surface area contributed by atoms with Gasteiger partial charge >= 0.3 is 5.97 Å². The minimum Gasteiger partial charge on any atom is -0.480 e. The van der Waals surface area contributed by atoms with E-state index in [1.54, 1.807) is 6.92 Å². The molecule has 5 heteroatoms. The first-order chi connectivity index (χ1) is 6.43. The van der Waals surface area contributed by atoms with E-state index in [4.69, 9.17) is 16.6 Å². The number of anilines is 1. The largest absolute Gasteiger partial charge is 0.480 e. The molecule has 0 fully saturated rings. The quantitative estimate of drug-likeness (QED) is 0.613. The van der Waals surface area contributed by atoms with Gasteiger partial charge in [-0.05, 0) is 24.6 Å².